The van der Waals surface area contributed by atoms with Crippen molar-refractivity contribution in [1.82, 2.24) is 0 Å². The number of rotatable bonds is 15. The molecule has 0 aliphatic heterocycles. The zero-order chi connectivity index (χ0) is 17.9. The van der Waals surface area contributed by atoms with Crippen molar-refractivity contribution in [3.8, 4) is 0 Å². The van der Waals surface area contributed by atoms with Gasteiger partial charge < -0.3 is 4.74 Å². The molecule has 3 heteroatoms. The molecule has 138 valence electrons. The molecule has 0 bridgehead atoms. The predicted molar refractivity (Wildman–Crippen MR) is 105 cm³/mol. The van der Waals surface area contributed by atoms with Crippen LogP contribution in [0.3, 0.4) is 0 Å². The minimum Gasteiger partial charge on any atom is -0.446 e. The molecule has 0 rings (SSSR count). The number of carbonyl (C=O) groups excluding carboxylic acids is 1. The van der Waals surface area contributed by atoms with Crippen LogP contribution < -0.4 is 0 Å². The fraction of sp³-hybridized carbons (Fsp3) is 0.667. The third-order valence-corrected chi connectivity index (χ3v) is 4.01. The molecule has 0 amide bonds. The first-order chi connectivity index (χ1) is 11.7. The molecular formula is C21H35ClO2. The van der Waals surface area contributed by atoms with Crippen molar-refractivity contribution in [1.29, 1.82) is 0 Å². The molecule has 0 aliphatic carbocycles. The third kappa shape index (κ3) is 17.3. The van der Waals surface area contributed by atoms with E-state index in [0.717, 1.165) is 38.5 Å². The van der Waals surface area contributed by atoms with Crippen LogP contribution >= 0.6 is 11.6 Å². The first-order valence-electron chi connectivity index (χ1n) is 9.49. The fourth-order valence-corrected chi connectivity index (χ4v) is 2.27. The van der Waals surface area contributed by atoms with E-state index in [1.165, 1.54) is 19.3 Å². The largest absolute Gasteiger partial charge is 0.446 e. The standard InChI is InChI=1S/C21H35ClO2/c1-3-5-6-7-8-9-10-11-12-13-14-15-16-17-18-19-21(23)24-20(22)4-2/h5-6,8-9,11-12,20H,3-4,7,10,13-19H2,1-2H3. The van der Waals surface area contributed by atoms with E-state index < -0.39 is 5.56 Å². The van der Waals surface area contributed by atoms with Crippen LogP contribution in [0.4, 0.5) is 0 Å². The smallest absolute Gasteiger partial charge is 0.307 e. The molecule has 1 atom stereocenters. The van der Waals surface area contributed by atoms with Crippen LogP contribution in [-0.2, 0) is 9.53 Å². The molecule has 0 heterocycles. The molecule has 0 aromatic rings. The minimum absolute atomic E-state index is 0.168. The van der Waals surface area contributed by atoms with Gasteiger partial charge in [0.05, 0.1) is 0 Å². The van der Waals surface area contributed by atoms with Gasteiger partial charge in [-0.2, -0.15) is 0 Å². The summed E-state index contributed by atoms with van der Waals surface area (Å²) in [7, 11) is 0. The van der Waals surface area contributed by atoms with Gasteiger partial charge >= 0.3 is 5.97 Å². The van der Waals surface area contributed by atoms with E-state index in [1.54, 1.807) is 0 Å². The van der Waals surface area contributed by atoms with Gasteiger partial charge in [-0.25, -0.2) is 0 Å². The molecule has 0 N–H and O–H groups in total. The maximum atomic E-state index is 11.4. The summed E-state index contributed by atoms with van der Waals surface area (Å²) >= 11 is 5.77. The molecular weight excluding hydrogens is 320 g/mol. The van der Waals surface area contributed by atoms with Crippen molar-refractivity contribution >= 4 is 17.6 Å². The van der Waals surface area contributed by atoms with Crippen molar-refractivity contribution in [3.05, 3.63) is 36.5 Å². The SMILES string of the molecule is CCC=CCC=CCC=CCCCCCCCC(=O)OC(Cl)CC. The summed E-state index contributed by atoms with van der Waals surface area (Å²) in [6, 6.07) is 0. The Morgan fingerprint density at radius 1 is 0.875 bits per heavy atom. The lowest BCUT2D eigenvalue weighted by Gasteiger charge is -2.08. The molecule has 0 fully saturated rings. The van der Waals surface area contributed by atoms with Crippen LogP contribution in [0.2, 0.25) is 0 Å². The zero-order valence-corrected chi connectivity index (χ0v) is 16.3. The van der Waals surface area contributed by atoms with Gasteiger partial charge in [0.25, 0.3) is 0 Å². The van der Waals surface area contributed by atoms with Crippen molar-refractivity contribution in [2.45, 2.75) is 90.0 Å². The van der Waals surface area contributed by atoms with Gasteiger partial charge in [-0.1, -0.05) is 81.2 Å². The molecule has 0 saturated carbocycles. The highest BCUT2D eigenvalue weighted by atomic mass is 35.5. The highest BCUT2D eigenvalue weighted by Gasteiger charge is 2.08. The third-order valence-electron chi connectivity index (χ3n) is 3.61. The van der Waals surface area contributed by atoms with Gasteiger partial charge in [0, 0.05) is 6.42 Å². The number of allylic oxidation sites excluding steroid dienone is 6. The summed E-state index contributed by atoms with van der Waals surface area (Å²) in [5, 5.41) is 0. The molecule has 2 nitrogen and oxygen atoms in total. The molecule has 1 unspecified atom stereocenters. The second-order valence-corrected chi connectivity index (χ2v) is 6.40. The molecule has 0 radical (unpaired) electrons. The fourth-order valence-electron chi connectivity index (χ4n) is 2.17. The summed E-state index contributed by atoms with van der Waals surface area (Å²) in [5.74, 6) is -0.168. The molecule has 0 saturated heterocycles. The number of alkyl halides is 1. The topological polar surface area (TPSA) is 26.3 Å². The van der Waals surface area contributed by atoms with E-state index in [-0.39, 0.29) is 5.97 Å². The lowest BCUT2D eigenvalue weighted by atomic mass is 10.1. The van der Waals surface area contributed by atoms with Crippen molar-refractivity contribution in [2.24, 2.45) is 0 Å². The van der Waals surface area contributed by atoms with Crippen molar-refractivity contribution in [2.75, 3.05) is 0 Å². The Bertz CT molecular complexity index is 372. The number of halogens is 1. The summed E-state index contributed by atoms with van der Waals surface area (Å²) in [6.07, 6.45) is 24.5. The Hall–Kier alpha value is -1.02. The molecule has 0 aromatic heterocycles. The van der Waals surface area contributed by atoms with Crippen LogP contribution in [0.1, 0.15) is 84.5 Å². The van der Waals surface area contributed by atoms with E-state index in [1.807, 2.05) is 6.92 Å². The first-order valence-corrected chi connectivity index (χ1v) is 9.92. The first kappa shape index (κ1) is 23.0. The lowest BCUT2D eigenvalue weighted by Crippen LogP contribution is -2.11. The summed E-state index contributed by atoms with van der Waals surface area (Å²) in [4.78, 5) is 11.4. The maximum absolute atomic E-state index is 11.4. The molecule has 0 aliphatic rings. The van der Waals surface area contributed by atoms with E-state index in [4.69, 9.17) is 16.3 Å². The normalized spacial score (nSPS) is 13.3. The van der Waals surface area contributed by atoms with Gasteiger partial charge in [0.1, 0.15) is 0 Å². The second-order valence-electron chi connectivity index (χ2n) is 5.91. The van der Waals surface area contributed by atoms with Gasteiger partial charge in [-0.05, 0) is 44.9 Å². The number of carbonyl (C=O) groups is 1. The van der Waals surface area contributed by atoms with Gasteiger partial charge in [0.2, 0.25) is 0 Å². The minimum atomic E-state index is -0.466. The Labute approximate surface area is 154 Å². The molecule has 0 aromatic carbocycles. The van der Waals surface area contributed by atoms with Crippen molar-refractivity contribution < 1.29 is 9.53 Å². The van der Waals surface area contributed by atoms with Crippen LogP contribution in [0.5, 0.6) is 0 Å². The maximum Gasteiger partial charge on any atom is 0.307 e. The van der Waals surface area contributed by atoms with Gasteiger partial charge in [-0.15, -0.1) is 0 Å². The monoisotopic (exact) mass is 354 g/mol. The number of ether oxygens (including phenoxy) is 1. The quantitative estimate of drug-likeness (QED) is 0.136. The van der Waals surface area contributed by atoms with E-state index in [9.17, 15) is 4.79 Å². The predicted octanol–water partition coefficient (Wildman–Crippen LogP) is 7.09. The van der Waals surface area contributed by atoms with Crippen LogP contribution in [-0.4, -0.2) is 11.5 Å². The zero-order valence-electron chi connectivity index (χ0n) is 15.5. The summed E-state index contributed by atoms with van der Waals surface area (Å²) in [6.45, 7) is 4.06. The molecule has 24 heavy (non-hydrogen) atoms. The lowest BCUT2D eigenvalue weighted by molar-refractivity contribution is -0.145. The number of unbranched alkanes of at least 4 members (excludes halogenated alkanes) is 5. The highest BCUT2D eigenvalue weighted by molar-refractivity contribution is 6.20. The number of hydrogen-bond donors (Lipinski definition) is 0. The van der Waals surface area contributed by atoms with E-state index >= 15 is 0 Å². The van der Waals surface area contributed by atoms with E-state index in [0.29, 0.717) is 12.8 Å². The Kier molecular flexibility index (Phi) is 17.5. The summed E-state index contributed by atoms with van der Waals surface area (Å²) in [5.41, 5.74) is -0.466. The second kappa shape index (κ2) is 18.3. The summed E-state index contributed by atoms with van der Waals surface area (Å²) < 4.78 is 5.03. The Morgan fingerprint density at radius 2 is 1.46 bits per heavy atom. The van der Waals surface area contributed by atoms with E-state index in [2.05, 4.69) is 43.4 Å². The van der Waals surface area contributed by atoms with Crippen LogP contribution in [0.25, 0.3) is 0 Å². The number of esters is 1. The average Bonchev–Trinajstić information content (AvgIpc) is 2.58. The van der Waals surface area contributed by atoms with Crippen LogP contribution in [0, 0.1) is 0 Å². The Morgan fingerprint density at radius 3 is 2.12 bits per heavy atom. The van der Waals surface area contributed by atoms with Gasteiger partial charge in [-0.3, -0.25) is 4.79 Å². The molecule has 0 spiro atoms. The Balaban J connectivity index is 3.34. The van der Waals surface area contributed by atoms with Gasteiger partial charge in [0.15, 0.2) is 5.56 Å². The van der Waals surface area contributed by atoms with Crippen LogP contribution in [0.15, 0.2) is 36.5 Å². The van der Waals surface area contributed by atoms with Crippen molar-refractivity contribution in [3.63, 3.8) is 0 Å². The average molecular weight is 355 g/mol. The highest BCUT2D eigenvalue weighted by Crippen LogP contribution is 2.10. The number of hydrogen-bond acceptors (Lipinski definition) is 2.